The van der Waals surface area contributed by atoms with Crippen molar-refractivity contribution in [2.24, 2.45) is 0 Å². The molecule has 5 heteroatoms. The third kappa shape index (κ3) is 2.90. The molecule has 0 aliphatic rings. The first-order valence-corrected chi connectivity index (χ1v) is 6.16. The lowest BCUT2D eigenvalue weighted by atomic mass is 10.0. The standard InChI is InChI=1S/C11H14O4S/c1-2-5-10(16(14)15)8-6-3-4-7-9(8)11(12)13/h3-4,6-7,10H,2,5H2,1H3,(H,12,13)(H,14,15). The summed E-state index contributed by atoms with van der Waals surface area (Å²) < 4.78 is 20.4. The zero-order chi connectivity index (χ0) is 12.1. The molecule has 0 amide bonds. The topological polar surface area (TPSA) is 74.6 Å². The Morgan fingerprint density at radius 1 is 1.44 bits per heavy atom. The van der Waals surface area contributed by atoms with Gasteiger partial charge in [-0.2, -0.15) is 0 Å². The van der Waals surface area contributed by atoms with Gasteiger partial charge in [0.1, 0.15) is 0 Å². The van der Waals surface area contributed by atoms with E-state index in [1.54, 1.807) is 18.2 Å². The van der Waals surface area contributed by atoms with Crippen LogP contribution >= 0.6 is 0 Å². The molecule has 0 aliphatic carbocycles. The van der Waals surface area contributed by atoms with Gasteiger partial charge >= 0.3 is 5.97 Å². The zero-order valence-electron chi connectivity index (χ0n) is 8.92. The Balaban J connectivity index is 3.17. The molecule has 0 aliphatic heterocycles. The molecule has 1 aromatic rings. The van der Waals surface area contributed by atoms with E-state index in [4.69, 9.17) is 5.11 Å². The molecule has 16 heavy (non-hydrogen) atoms. The summed E-state index contributed by atoms with van der Waals surface area (Å²) >= 11 is -2.04. The lowest BCUT2D eigenvalue weighted by Crippen LogP contribution is -2.11. The summed E-state index contributed by atoms with van der Waals surface area (Å²) in [5.74, 6) is -1.07. The van der Waals surface area contributed by atoms with E-state index in [-0.39, 0.29) is 5.56 Å². The van der Waals surface area contributed by atoms with Gasteiger partial charge in [-0.05, 0) is 18.1 Å². The van der Waals surface area contributed by atoms with Crippen LogP contribution < -0.4 is 0 Å². The Morgan fingerprint density at radius 2 is 2.06 bits per heavy atom. The van der Waals surface area contributed by atoms with Gasteiger partial charge in [0.05, 0.1) is 10.8 Å². The van der Waals surface area contributed by atoms with E-state index in [0.29, 0.717) is 12.0 Å². The van der Waals surface area contributed by atoms with Gasteiger partial charge in [-0.15, -0.1) is 0 Å². The van der Waals surface area contributed by atoms with Crippen LogP contribution in [0.25, 0.3) is 0 Å². The first-order chi connectivity index (χ1) is 7.57. The maximum Gasteiger partial charge on any atom is 0.336 e. The molecule has 0 heterocycles. The van der Waals surface area contributed by atoms with Crippen LogP contribution in [0.5, 0.6) is 0 Å². The Kier molecular flexibility index (Phi) is 4.64. The van der Waals surface area contributed by atoms with Gasteiger partial charge in [-0.1, -0.05) is 31.5 Å². The summed E-state index contributed by atoms with van der Waals surface area (Å²) in [4.78, 5) is 11.0. The second-order valence-electron chi connectivity index (χ2n) is 3.45. The number of benzene rings is 1. The Bertz CT molecular complexity index is 403. The molecule has 2 N–H and O–H groups in total. The van der Waals surface area contributed by atoms with Gasteiger partial charge in [0.15, 0.2) is 11.1 Å². The Hall–Kier alpha value is -1.20. The monoisotopic (exact) mass is 242 g/mol. The summed E-state index contributed by atoms with van der Waals surface area (Å²) in [5.41, 5.74) is 0.529. The molecule has 0 bridgehead atoms. The SMILES string of the molecule is CCCC(c1ccccc1C(=O)O)S(=O)O. The largest absolute Gasteiger partial charge is 0.478 e. The van der Waals surface area contributed by atoms with E-state index in [1.807, 2.05) is 6.92 Å². The van der Waals surface area contributed by atoms with Gasteiger partial charge < -0.3 is 9.66 Å². The third-order valence-corrected chi connectivity index (χ3v) is 3.31. The second-order valence-corrected chi connectivity index (χ2v) is 4.57. The number of carbonyl (C=O) groups is 1. The molecule has 88 valence electrons. The van der Waals surface area contributed by atoms with Crippen molar-refractivity contribution in [2.45, 2.75) is 25.0 Å². The number of hydrogen-bond donors (Lipinski definition) is 2. The number of carboxylic acids is 1. The third-order valence-electron chi connectivity index (χ3n) is 2.33. The number of carboxylic acid groups (broad SMARTS) is 1. The van der Waals surface area contributed by atoms with Crippen molar-refractivity contribution < 1.29 is 18.7 Å². The van der Waals surface area contributed by atoms with Crippen LogP contribution in [0.3, 0.4) is 0 Å². The first kappa shape index (κ1) is 12.9. The van der Waals surface area contributed by atoms with Gasteiger partial charge in [0.25, 0.3) is 0 Å². The quantitative estimate of drug-likeness (QED) is 0.778. The summed E-state index contributed by atoms with van der Waals surface area (Å²) in [6, 6.07) is 6.33. The van der Waals surface area contributed by atoms with E-state index in [0.717, 1.165) is 6.42 Å². The second kappa shape index (κ2) is 5.77. The molecular weight excluding hydrogens is 228 g/mol. The smallest absolute Gasteiger partial charge is 0.336 e. The van der Waals surface area contributed by atoms with Crippen molar-refractivity contribution in [1.29, 1.82) is 0 Å². The molecule has 0 spiro atoms. The molecule has 1 rings (SSSR count). The maximum atomic E-state index is 11.2. The first-order valence-electron chi connectivity index (χ1n) is 4.99. The van der Waals surface area contributed by atoms with Crippen molar-refractivity contribution in [2.75, 3.05) is 0 Å². The average Bonchev–Trinajstić information content (AvgIpc) is 2.25. The van der Waals surface area contributed by atoms with Crippen LogP contribution in [-0.4, -0.2) is 19.8 Å². The van der Waals surface area contributed by atoms with E-state index >= 15 is 0 Å². The minimum absolute atomic E-state index is 0.100. The van der Waals surface area contributed by atoms with E-state index in [1.165, 1.54) is 6.07 Å². The summed E-state index contributed by atoms with van der Waals surface area (Å²) in [6.07, 6.45) is 1.22. The molecule has 0 saturated carbocycles. The molecular formula is C11H14O4S. The van der Waals surface area contributed by atoms with Crippen molar-refractivity contribution in [3.8, 4) is 0 Å². The predicted octanol–water partition coefficient (Wildman–Crippen LogP) is 2.45. The van der Waals surface area contributed by atoms with E-state index in [9.17, 15) is 13.6 Å². The van der Waals surface area contributed by atoms with Crippen LogP contribution in [0, 0.1) is 0 Å². The Labute approximate surface area is 96.6 Å². The minimum atomic E-state index is -2.04. The normalized spacial score (nSPS) is 14.4. The highest BCUT2D eigenvalue weighted by Crippen LogP contribution is 2.27. The number of aromatic carboxylic acids is 1. The lowest BCUT2D eigenvalue weighted by Gasteiger charge is -2.14. The molecule has 2 atom stereocenters. The van der Waals surface area contributed by atoms with E-state index in [2.05, 4.69) is 0 Å². The molecule has 4 nitrogen and oxygen atoms in total. The lowest BCUT2D eigenvalue weighted by molar-refractivity contribution is 0.0695. The van der Waals surface area contributed by atoms with Crippen molar-refractivity contribution in [3.05, 3.63) is 35.4 Å². The molecule has 0 radical (unpaired) electrons. The zero-order valence-corrected chi connectivity index (χ0v) is 9.74. The fourth-order valence-corrected chi connectivity index (χ4v) is 2.46. The van der Waals surface area contributed by atoms with Crippen LogP contribution in [0.4, 0.5) is 0 Å². The van der Waals surface area contributed by atoms with Crippen molar-refractivity contribution in [3.63, 3.8) is 0 Å². The van der Waals surface area contributed by atoms with Gasteiger partial charge in [0.2, 0.25) is 0 Å². The van der Waals surface area contributed by atoms with Crippen LogP contribution in [0.2, 0.25) is 0 Å². The van der Waals surface area contributed by atoms with Crippen LogP contribution in [-0.2, 0) is 11.1 Å². The van der Waals surface area contributed by atoms with Gasteiger partial charge in [-0.25, -0.2) is 9.00 Å². The van der Waals surface area contributed by atoms with Gasteiger partial charge in [-0.3, -0.25) is 0 Å². The molecule has 0 saturated heterocycles. The fraction of sp³-hybridized carbons (Fsp3) is 0.364. The maximum absolute atomic E-state index is 11.2. The number of rotatable bonds is 5. The minimum Gasteiger partial charge on any atom is -0.478 e. The van der Waals surface area contributed by atoms with Gasteiger partial charge in [0, 0.05) is 0 Å². The van der Waals surface area contributed by atoms with Crippen molar-refractivity contribution >= 4 is 17.0 Å². The summed E-state index contributed by atoms with van der Waals surface area (Å²) in [7, 11) is 0. The van der Waals surface area contributed by atoms with E-state index < -0.39 is 22.3 Å². The summed E-state index contributed by atoms with van der Waals surface area (Å²) in [5, 5.41) is 8.36. The highest BCUT2D eigenvalue weighted by atomic mass is 32.2. The van der Waals surface area contributed by atoms with Crippen LogP contribution in [0.15, 0.2) is 24.3 Å². The van der Waals surface area contributed by atoms with Crippen LogP contribution in [0.1, 0.15) is 40.9 Å². The van der Waals surface area contributed by atoms with Crippen molar-refractivity contribution in [1.82, 2.24) is 0 Å². The molecule has 2 unspecified atom stereocenters. The average molecular weight is 242 g/mol. The highest BCUT2D eigenvalue weighted by molar-refractivity contribution is 7.79. The molecule has 0 fully saturated rings. The Morgan fingerprint density at radius 3 is 2.56 bits per heavy atom. The molecule has 0 aromatic heterocycles. The molecule has 1 aromatic carbocycles. The number of hydrogen-bond acceptors (Lipinski definition) is 2. The fourth-order valence-electron chi connectivity index (χ4n) is 1.60. The summed E-state index contributed by atoms with van der Waals surface area (Å²) in [6.45, 7) is 1.89. The highest BCUT2D eigenvalue weighted by Gasteiger charge is 2.22. The predicted molar refractivity (Wildman–Crippen MR) is 61.8 cm³/mol.